The quantitative estimate of drug-likeness (QED) is 0.606. The van der Waals surface area contributed by atoms with Crippen LogP contribution in [0.3, 0.4) is 0 Å². The Morgan fingerprint density at radius 3 is 2.63 bits per heavy atom. The molecule has 9 nitrogen and oxygen atoms in total. The number of anilines is 4. The van der Waals surface area contributed by atoms with Gasteiger partial charge < -0.3 is 20.3 Å². The summed E-state index contributed by atoms with van der Waals surface area (Å²) in [5.41, 5.74) is 3.41. The minimum atomic E-state index is 0.327. The maximum absolute atomic E-state index is 10.7. The monoisotopic (exact) mass is 401 g/mol. The molecule has 0 unspecified atom stereocenters. The van der Waals surface area contributed by atoms with E-state index in [0.717, 1.165) is 37.7 Å². The number of nitriles is 1. The number of ether oxygens (including phenoxy) is 1. The van der Waals surface area contributed by atoms with Gasteiger partial charge in [0.25, 0.3) is 0 Å². The number of nitrogens with zero attached hydrogens (tertiary/aromatic N) is 5. The molecular formula is C21H19N7O2. The molecule has 1 saturated heterocycles. The number of rotatable bonds is 6. The van der Waals surface area contributed by atoms with Crippen molar-refractivity contribution in [2.24, 2.45) is 0 Å². The molecule has 3 aromatic rings. The van der Waals surface area contributed by atoms with Crippen LogP contribution in [0, 0.1) is 11.3 Å². The van der Waals surface area contributed by atoms with Gasteiger partial charge in [0.05, 0.1) is 24.5 Å². The number of benzene rings is 2. The lowest BCUT2D eigenvalue weighted by Gasteiger charge is -2.28. The molecule has 0 aliphatic carbocycles. The van der Waals surface area contributed by atoms with Crippen LogP contribution in [0.15, 0.2) is 48.8 Å². The molecule has 2 N–H and O–H groups in total. The Bertz CT molecular complexity index is 1070. The van der Waals surface area contributed by atoms with E-state index in [1.54, 1.807) is 18.2 Å². The van der Waals surface area contributed by atoms with Crippen LogP contribution in [-0.2, 0) is 9.53 Å². The second-order valence-corrected chi connectivity index (χ2v) is 6.54. The molecule has 150 valence electrons. The molecule has 2 heterocycles. The summed E-state index contributed by atoms with van der Waals surface area (Å²) in [7, 11) is 0. The van der Waals surface area contributed by atoms with Gasteiger partial charge in [-0.25, -0.2) is 9.97 Å². The summed E-state index contributed by atoms with van der Waals surface area (Å²) in [5, 5.41) is 15.0. The van der Waals surface area contributed by atoms with Crippen molar-refractivity contribution in [3.8, 4) is 17.5 Å². The fraction of sp³-hybridized carbons (Fsp3) is 0.190. The highest BCUT2D eigenvalue weighted by Crippen LogP contribution is 2.24. The first kappa shape index (κ1) is 19.3. The first-order chi connectivity index (χ1) is 14.8. The molecule has 1 aliphatic rings. The number of aromatic nitrogens is 3. The van der Waals surface area contributed by atoms with E-state index in [4.69, 9.17) is 4.74 Å². The predicted molar refractivity (Wildman–Crippen MR) is 112 cm³/mol. The molecule has 0 bridgehead atoms. The van der Waals surface area contributed by atoms with Gasteiger partial charge in [0, 0.05) is 30.0 Å². The van der Waals surface area contributed by atoms with Gasteiger partial charge in [0.1, 0.15) is 12.4 Å². The predicted octanol–water partition coefficient (Wildman–Crippen LogP) is 2.56. The lowest BCUT2D eigenvalue weighted by Crippen LogP contribution is -2.36. The topological polar surface area (TPSA) is 116 Å². The highest BCUT2D eigenvalue weighted by atomic mass is 16.5. The van der Waals surface area contributed by atoms with Crippen LogP contribution in [0.1, 0.15) is 5.56 Å². The second-order valence-electron chi connectivity index (χ2n) is 6.54. The highest BCUT2D eigenvalue weighted by molar-refractivity contribution is 5.77. The molecule has 1 aromatic heterocycles. The number of hydrogen-bond donors (Lipinski definition) is 2. The molecule has 1 fully saturated rings. The van der Waals surface area contributed by atoms with Gasteiger partial charge in [0.2, 0.25) is 12.4 Å². The van der Waals surface area contributed by atoms with Crippen LogP contribution < -0.4 is 15.5 Å². The maximum Gasteiger partial charge on any atom is 0.230 e. The fourth-order valence-corrected chi connectivity index (χ4v) is 3.17. The van der Waals surface area contributed by atoms with Crippen LogP contribution >= 0.6 is 0 Å². The molecule has 0 atom stereocenters. The molecule has 1 aliphatic heterocycles. The zero-order chi connectivity index (χ0) is 20.8. The molecular weight excluding hydrogens is 382 g/mol. The van der Waals surface area contributed by atoms with Gasteiger partial charge in [0.15, 0.2) is 5.82 Å². The number of hydrogen-bond acceptors (Lipinski definition) is 8. The number of carbonyl (C=O) groups excluding carboxylic acids is 1. The Kier molecular flexibility index (Phi) is 5.78. The van der Waals surface area contributed by atoms with E-state index in [-0.39, 0.29) is 0 Å². The van der Waals surface area contributed by atoms with Crippen LogP contribution in [0.2, 0.25) is 0 Å². The van der Waals surface area contributed by atoms with Crippen molar-refractivity contribution in [2.45, 2.75) is 0 Å². The average molecular weight is 401 g/mol. The lowest BCUT2D eigenvalue weighted by molar-refractivity contribution is -0.105. The number of nitrogens with one attached hydrogen (secondary N) is 2. The van der Waals surface area contributed by atoms with E-state index >= 15 is 0 Å². The first-order valence-electron chi connectivity index (χ1n) is 9.40. The number of carbonyl (C=O) groups is 1. The van der Waals surface area contributed by atoms with E-state index in [2.05, 4.69) is 36.6 Å². The zero-order valence-corrected chi connectivity index (χ0v) is 16.1. The Morgan fingerprint density at radius 2 is 1.90 bits per heavy atom. The Hall–Kier alpha value is -4.03. The summed E-state index contributed by atoms with van der Waals surface area (Å²) >= 11 is 0. The van der Waals surface area contributed by atoms with E-state index in [1.807, 2.05) is 24.3 Å². The fourth-order valence-electron chi connectivity index (χ4n) is 3.17. The summed E-state index contributed by atoms with van der Waals surface area (Å²) in [5.74, 6) is 0.819. The summed E-state index contributed by atoms with van der Waals surface area (Å²) in [4.78, 5) is 25.8. The van der Waals surface area contributed by atoms with Crippen LogP contribution in [0.4, 0.5) is 23.0 Å². The van der Waals surface area contributed by atoms with E-state index in [1.165, 1.54) is 6.33 Å². The summed E-state index contributed by atoms with van der Waals surface area (Å²) < 4.78 is 5.39. The normalized spacial score (nSPS) is 13.4. The van der Waals surface area contributed by atoms with Gasteiger partial charge in [-0.05, 0) is 42.5 Å². The van der Waals surface area contributed by atoms with E-state index in [9.17, 15) is 10.1 Å². The van der Waals surface area contributed by atoms with Crippen molar-refractivity contribution in [3.63, 3.8) is 0 Å². The zero-order valence-electron chi connectivity index (χ0n) is 16.1. The van der Waals surface area contributed by atoms with Crippen LogP contribution in [0.25, 0.3) is 11.4 Å². The first-order valence-corrected chi connectivity index (χ1v) is 9.40. The molecule has 9 heteroatoms. The number of morpholine rings is 1. The van der Waals surface area contributed by atoms with Crippen molar-refractivity contribution >= 4 is 29.4 Å². The Balaban J connectivity index is 1.51. The molecule has 0 radical (unpaired) electrons. The van der Waals surface area contributed by atoms with E-state index in [0.29, 0.717) is 35.0 Å². The minimum Gasteiger partial charge on any atom is -0.378 e. The molecule has 1 amide bonds. The summed E-state index contributed by atoms with van der Waals surface area (Å²) in [6.07, 6.45) is 1.95. The standard InChI is InChI=1S/C21H19N7O2/c22-12-16-11-15(1-6-19(16)25-14-29)20-23-13-24-21(27-20)26-17-2-4-18(5-3-17)28-7-9-30-10-8-28/h1-6,11,13-14H,7-10H2,(H,25,29)(H,23,24,26,27). The molecule has 2 aromatic carbocycles. The third kappa shape index (κ3) is 4.34. The van der Waals surface area contributed by atoms with Crippen LogP contribution in [-0.4, -0.2) is 47.7 Å². The van der Waals surface area contributed by atoms with Crippen molar-refractivity contribution in [1.29, 1.82) is 5.26 Å². The second kappa shape index (κ2) is 8.98. The van der Waals surface area contributed by atoms with Crippen molar-refractivity contribution in [1.82, 2.24) is 15.0 Å². The molecule has 4 rings (SSSR count). The summed E-state index contributed by atoms with van der Waals surface area (Å²) in [6.45, 7) is 3.26. The van der Waals surface area contributed by atoms with E-state index < -0.39 is 0 Å². The van der Waals surface area contributed by atoms with Crippen molar-refractivity contribution in [2.75, 3.05) is 41.8 Å². The average Bonchev–Trinajstić information content (AvgIpc) is 2.81. The Labute approximate surface area is 173 Å². The van der Waals surface area contributed by atoms with Gasteiger partial charge in [-0.3, -0.25) is 4.79 Å². The third-order valence-electron chi connectivity index (χ3n) is 4.68. The number of amides is 1. The third-order valence-corrected chi connectivity index (χ3v) is 4.68. The molecule has 0 saturated carbocycles. The highest BCUT2D eigenvalue weighted by Gasteiger charge is 2.12. The van der Waals surface area contributed by atoms with Gasteiger partial charge in [-0.2, -0.15) is 10.2 Å². The SMILES string of the molecule is N#Cc1cc(-c2ncnc(Nc3ccc(N4CCOCC4)cc3)n2)ccc1NC=O. The van der Waals surface area contributed by atoms with Crippen molar-refractivity contribution in [3.05, 3.63) is 54.4 Å². The van der Waals surface area contributed by atoms with Crippen molar-refractivity contribution < 1.29 is 9.53 Å². The molecule has 30 heavy (non-hydrogen) atoms. The Morgan fingerprint density at radius 1 is 1.10 bits per heavy atom. The molecule has 0 spiro atoms. The summed E-state index contributed by atoms with van der Waals surface area (Å²) in [6, 6.07) is 15.1. The maximum atomic E-state index is 10.7. The smallest absolute Gasteiger partial charge is 0.230 e. The van der Waals surface area contributed by atoms with Crippen LogP contribution in [0.5, 0.6) is 0 Å². The largest absolute Gasteiger partial charge is 0.378 e. The van der Waals surface area contributed by atoms with Gasteiger partial charge in [-0.15, -0.1) is 0 Å². The lowest BCUT2D eigenvalue weighted by atomic mass is 10.1. The van der Waals surface area contributed by atoms with Gasteiger partial charge in [-0.1, -0.05) is 0 Å². The van der Waals surface area contributed by atoms with Gasteiger partial charge >= 0.3 is 0 Å². The minimum absolute atomic E-state index is 0.327.